The first kappa shape index (κ1) is 15.2. The summed E-state index contributed by atoms with van der Waals surface area (Å²) < 4.78 is 28.6. The summed E-state index contributed by atoms with van der Waals surface area (Å²) in [6, 6.07) is 4.17. The zero-order valence-electron chi connectivity index (χ0n) is 11.6. The molecule has 7 nitrogen and oxygen atoms in total. The highest BCUT2D eigenvalue weighted by molar-refractivity contribution is 7.89. The first-order valence-corrected chi connectivity index (χ1v) is 7.59. The highest BCUT2D eigenvalue weighted by Crippen LogP contribution is 2.19. The van der Waals surface area contributed by atoms with Gasteiger partial charge in [-0.3, -0.25) is 4.68 Å². The van der Waals surface area contributed by atoms with Crippen LogP contribution >= 0.6 is 0 Å². The monoisotopic (exact) mass is 309 g/mol. The van der Waals surface area contributed by atoms with Gasteiger partial charge in [0.1, 0.15) is 0 Å². The van der Waals surface area contributed by atoms with E-state index in [4.69, 9.17) is 5.11 Å². The zero-order valence-corrected chi connectivity index (χ0v) is 12.4. The predicted molar refractivity (Wildman–Crippen MR) is 75.4 cm³/mol. The van der Waals surface area contributed by atoms with Gasteiger partial charge in [-0.05, 0) is 24.6 Å². The van der Waals surface area contributed by atoms with Crippen molar-refractivity contribution in [2.75, 3.05) is 0 Å². The number of nitrogens with zero attached hydrogens (tertiary/aromatic N) is 2. The molecule has 0 aliphatic heterocycles. The van der Waals surface area contributed by atoms with E-state index in [0.29, 0.717) is 5.56 Å². The summed E-state index contributed by atoms with van der Waals surface area (Å²) >= 11 is 0. The third-order valence-corrected chi connectivity index (χ3v) is 4.57. The molecule has 0 fully saturated rings. The minimum atomic E-state index is -3.79. The Hall–Kier alpha value is -2.19. The SMILES string of the molecule is Cc1c(C(=O)O)cccc1S(=O)(=O)NCc1cnn(C)c1. The number of carboxylic acid groups (broad SMARTS) is 1. The summed E-state index contributed by atoms with van der Waals surface area (Å²) in [7, 11) is -2.05. The van der Waals surface area contributed by atoms with Crippen molar-refractivity contribution in [2.45, 2.75) is 18.4 Å². The fraction of sp³-hybridized carbons (Fsp3) is 0.231. The standard InChI is InChI=1S/C13H15N3O4S/c1-9-11(13(17)18)4-3-5-12(9)21(19,20)15-7-10-6-14-16(2)8-10/h3-6,8,15H,7H2,1-2H3,(H,17,18). The minimum absolute atomic E-state index is 0.0285. The number of aromatic carboxylic acids is 1. The van der Waals surface area contributed by atoms with Crippen LogP contribution in [0.4, 0.5) is 0 Å². The van der Waals surface area contributed by atoms with Crippen LogP contribution in [-0.4, -0.2) is 29.3 Å². The molecule has 0 aliphatic rings. The van der Waals surface area contributed by atoms with E-state index in [1.54, 1.807) is 24.1 Å². The van der Waals surface area contributed by atoms with E-state index in [1.807, 2.05) is 0 Å². The molecular weight excluding hydrogens is 294 g/mol. The first-order chi connectivity index (χ1) is 9.81. The molecule has 0 spiro atoms. The van der Waals surface area contributed by atoms with Crippen LogP contribution < -0.4 is 4.72 Å². The van der Waals surface area contributed by atoms with E-state index in [2.05, 4.69) is 9.82 Å². The highest BCUT2D eigenvalue weighted by atomic mass is 32.2. The summed E-state index contributed by atoms with van der Waals surface area (Å²) in [5, 5.41) is 13.0. The van der Waals surface area contributed by atoms with Gasteiger partial charge in [0.15, 0.2) is 0 Å². The second-order valence-electron chi connectivity index (χ2n) is 4.58. The molecule has 2 rings (SSSR count). The largest absolute Gasteiger partial charge is 0.478 e. The van der Waals surface area contributed by atoms with Crippen molar-refractivity contribution in [3.8, 4) is 0 Å². The van der Waals surface area contributed by atoms with Gasteiger partial charge in [-0.25, -0.2) is 17.9 Å². The Morgan fingerprint density at radius 3 is 2.71 bits per heavy atom. The van der Waals surface area contributed by atoms with Crippen molar-refractivity contribution in [2.24, 2.45) is 7.05 Å². The topological polar surface area (TPSA) is 101 Å². The van der Waals surface area contributed by atoms with Crippen LogP contribution in [-0.2, 0) is 23.6 Å². The quantitative estimate of drug-likeness (QED) is 0.854. The molecule has 1 aromatic heterocycles. The van der Waals surface area contributed by atoms with Crippen molar-refractivity contribution in [1.82, 2.24) is 14.5 Å². The van der Waals surface area contributed by atoms with Gasteiger partial charge >= 0.3 is 5.97 Å². The Balaban J connectivity index is 2.27. The molecule has 1 heterocycles. The van der Waals surface area contributed by atoms with Gasteiger partial charge in [0, 0.05) is 25.4 Å². The molecule has 0 bridgehead atoms. The number of hydrogen-bond donors (Lipinski definition) is 2. The van der Waals surface area contributed by atoms with Crippen molar-refractivity contribution < 1.29 is 18.3 Å². The number of benzene rings is 1. The molecule has 2 N–H and O–H groups in total. The van der Waals surface area contributed by atoms with Crippen LogP contribution in [0.2, 0.25) is 0 Å². The lowest BCUT2D eigenvalue weighted by molar-refractivity contribution is 0.0696. The molecule has 0 saturated carbocycles. The molecular formula is C13H15N3O4S. The Morgan fingerprint density at radius 1 is 1.43 bits per heavy atom. The van der Waals surface area contributed by atoms with Crippen LogP contribution in [0.25, 0.3) is 0 Å². The summed E-state index contributed by atoms with van der Waals surface area (Å²) in [5.74, 6) is -1.16. The maximum Gasteiger partial charge on any atom is 0.335 e. The smallest absolute Gasteiger partial charge is 0.335 e. The van der Waals surface area contributed by atoms with Crippen LogP contribution in [0.5, 0.6) is 0 Å². The molecule has 2 aromatic rings. The highest BCUT2D eigenvalue weighted by Gasteiger charge is 2.20. The lowest BCUT2D eigenvalue weighted by Crippen LogP contribution is -2.24. The molecule has 0 amide bonds. The number of aryl methyl sites for hydroxylation is 1. The number of carboxylic acids is 1. The number of nitrogens with one attached hydrogen (secondary N) is 1. The van der Waals surface area contributed by atoms with Crippen LogP contribution in [0, 0.1) is 6.92 Å². The molecule has 112 valence electrons. The number of sulfonamides is 1. The fourth-order valence-electron chi connectivity index (χ4n) is 1.96. The maximum absolute atomic E-state index is 12.3. The molecule has 1 aromatic carbocycles. The molecule has 8 heteroatoms. The second-order valence-corrected chi connectivity index (χ2v) is 6.32. The van der Waals surface area contributed by atoms with Gasteiger partial charge in [0.2, 0.25) is 10.0 Å². The van der Waals surface area contributed by atoms with Gasteiger partial charge in [-0.2, -0.15) is 5.10 Å². The maximum atomic E-state index is 12.3. The van der Waals surface area contributed by atoms with Gasteiger partial charge in [-0.1, -0.05) is 6.07 Å². The first-order valence-electron chi connectivity index (χ1n) is 6.11. The van der Waals surface area contributed by atoms with Crippen LogP contribution in [0.3, 0.4) is 0 Å². The van der Waals surface area contributed by atoms with Crippen molar-refractivity contribution >= 4 is 16.0 Å². The predicted octanol–water partition coefficient (Wildman–Crippen LogP) is 0.905. The number of carbonyl (C=O) groups is 1. The molecule has 0 unspecified atom stereocenters. The Bertz CT molecular complexity index is 780. The van der Waals surface area contributed by atoms with Crippen molar-refractivity contribution in [1.29, 1.82) is 0 Å². The lowest BCUT2D eigenvalue weighted by atomic mass is 10.1. The van der Waals surface area contributed by atoms with Gasteiger partial charge in [-0.15, -0.1) is 0 Å². The summed E-state index contributed by atoms with van der Waals surface area (Å²) in [6.07, 6.45) is 3.26. The average Bonchev–Trinajstić information content (AvgIpc) is 2.82. The number of aromatic nitrogens is 2. The zero-order chi connectivity index (χ0) is 15.6. The molecule has 0 atom stereocenters. The molecule has 0 aliphatic carbocycles. The van der Waals surface area contributed by atoms with Gasteiger partial charge in [0.25, 0.3) is 0 Å². The molecule has 0 saturated heterocycles. The van der Waals surface area contributed by atoms with E-state index in [-0.39, 0.29) is 22.6 Å². The van der Waals surface area contributed by atoms with E-state index >= 15 is 0 Å². The summed E-state index contributed by atoms with van der Waals surface area (Å²) in [6.45, 7) is 1.56. The van der Waals surface area contributed by atoms with Crippen LogP contribution in [0.15, 0.2) is 35.5 Å². The Kier molecular flexibility index (Phi) is 4.10. The lowest BCUT2D eigenvalue weighted by Gasteiger charge is -2.10. The van der Waals surface area contributed by atoms with E-state index in [9.17, 15) is 13.2 Å². The third kappa shape index (κ3) is 3.29. The van der Waals surface area contributed by atoms with Gasteiger partial charge < -0.3 is 5.11 Å². The van der Waals surface area contributed by atoms with E-state index in [1.165, 1.54) is 25.1 Å². The minimum Gasteiger partial charge on any atom is -0.478 e. The third-order valence-electron chi connectivity index (χ3n) is 3.03. The average molecular weight is 309 g/mol. The summed E-state index contributed by atoms with van der Waals surface area (Å²) in [5.41, 5.74) is 0.899. The second kappa shape index (κ2) is 5.66. The Labute approximate surface area is 122 Å². The fourth-order valence-corrected chi connectivity index (χ4v) is 3.24. The summed E-state index contributed by atoms with van der Waals surface area (Å²) in [4.78, 5) is 11.0. The number of rotatable bonds is 5. The van der Waals surface area contributed by atoms with E-state index < -0.39 is 16.0 Å². The Morgan fingerprint density at radius 2 is 2.14 bits per heavy atom. The molecule has 21 heavy (non-hydrogen) atoms. The van der Waals surface area contributed by atoms with Crippen molar-refractivity contribution in [3.63, 3.8) is 0 Å². The normalized spacial score (nSPS) is 11.5. The molecule has 0 radical (unpaired) electrons. The van der Waals surface area contributed by atoms with Crippen LogP contribution in [0.1, 0.15) is 21.5 Å². The van der Waals surface area contributed by atoms with Gasteiger partial charge in [0.05, 0.1) is 16.7 Å². The number of hydrogen-bond acceptors (Lipinski definition) is 4. The van der Waals surface area contributed by atoms with Crippen molar-refractivity contribution in [3.05, 3.63) is 47.3 Å². The van der Waals surface area contributed by atoms with E-state index in [0.717, 1.165) is 0 Å².